The summed E-state index contributed by atoms with van der Waals surface area (Å²) in [6.07, 6.45) is 1.78. The van der Waals surface area contributed by atoms with Gasteiger partial charge in [-0.15, -0.1) is 0 Å². The lowest BCUT2D eigenvalue weighted by atomic mass is 9.94. The van der Waals surface area contributed by atoms with E-state index < -0.39 is 0 Å². The molecule has 9 heteroatoms. The van der Waals surface area contributed by atoms with Crippen LogP contribution in [0.25, 0.3) is 0 Å². The Bertz CT molecular complexity index is 799. The number of fused-ring (bicyclic) bond motifs is 2. The summed E-state index contributed by atoms with van der Waals surface area (Å²) in [6.45, 7) is 2.80. The highest BCUT2D eigenvalue weighted by Gasteiger charge is 2.39. The van der Waals surface area contributed by atoms with Crippen LogP contribution in [0.15, 0.2) is 18.2 Å². The van der Waals surface area contributed by atoms with Crippen LogP contribution in [0.1, 0.15) is 43.0 Å². The Morgan fingerprint density at radius 3 is 2.83 bits per heavy atom. The molecule has 0 spiro atoms. The summed E-state index contributed by atoms with van der Waals surface area (Å²) in [5.74, 6) is -0.0844. The lowest BCUT2D eigenvalue weighted by molar-refractivity contribution is -0.151. The number of anilines is 1. The normalized spacial score (nSPS) is 23.2. The van der Waals surface area contributed by atoms with E-state index in [0.29, 0.717) is 36.4 Å². The third-order valence-corrected chi connectivity index (χ3v) is 5.43. The Hall–Kier alpha value is -2.81. The van der Waals surface area contributed by atoms with Crippen molar-refractivity contribution in [1.29, 1.82) is 0 Å². The maximum Gasteiger partial charge on any atom is 0.319 e. The summed E-state index contributed by atoms with van der Waals surface area (Å²) in [5.41, 5.74) is 0.906. The van der Waals surface area contributed by atoms with Gasteiger partial charge in [0.1, 0.15) is 18.5 Å². The molecule has 2 heterocycles. The molecule has 0 unspecified atom stereocenters. The molecule has 9 nitrogen and oxygen atoms in total. The number of hydrogen-bond donors (Lipinski definition) is 2. The Morgan fingerprint density at radius 2 is 2.10 bits per heavy atom. The number of carbonyl (C=O) groups is 3. The summed E-state index contributed by atoms with van der Waals surface area (Å²) in [5, 5.41) is 5.48. The fourth-order valence-electron chi connectivity index (χ4n) is 3.79. The Morgan fingerprint density at radius 1 is 1.30 bits per heavy atom. The molecular weight excluding hydrogens is 390 g/mol. The number of carbonyl (C=O) groups excluding carboxylic acids is 3. The van der Waals surface area contributed by atoms with Crippen molar-refractivity contribution in [3.05, 3.63) is 23.8 Å². The molecule has 3 rings (SSSR count). The van der Waals surface area contributed by atoms with Crippen molar-refractivity contribution in [3.63, 3.8) is 0 Å². The quantitative estimate of drug-likeness (QED) is 0.709. The van der Waals surface area contributed by atoms with Crippen molar-refractivity contribution in [1.82, 2.24) is 10.2 Å². The minimum Gasteiger partial charge on any atom is -0.490 e. The van der Waals surface area contributed by atoms with Gasteiger partial charge >= 0.3 is 12.0 Å². The maximum absolute atomic E-state index is 13.1. The third kappa shape index (κ3) is 5.02. The Balaban J connectivity index is 1.74. The number of methoxy groups -OCH3 is 1. The van der Waals surface area contributed by atoms with Crippen molar-refractivity contribution in [2.45, 2.75) is 50.9 Å². The largest absolute Gasteiger partial charge is 0.490 e. The number of amides is 3. The number of likely N-dealkylation sites (N-methyl/N-ethyl adjacent to an activating group) is 1. The van der Waals surface area contributed by atoms with Crippen LogP contribution in [0, 0.1) is 0 Å². The fraction of sp³-hybridized carbons (Fsp3) is 0.571. The van der Waals surface area contributed by atoms with Crippen LogP contribution in [-0.2, 0) is 14.3 Å². The van der Waals surface area contributed by atoms with Crippen molar-refractivity contribution in [3.8, 4) is 5.75 Å². The minimum atomic E-state index is -0.340. The van der Waals surface area contributed by atoms with Crippen LogP contribution in [0.4, 0.5) is 10.5 Å². The molecule has 1 saturated heterocycles. The average molecular weight is 419 g/mol. The summed E-state index contributed by atoms with van der Waals surface area (Å²) < 4.78 is 16.7. The fourth-order valence-corrected chi connectivity index (χ4v) is 3.79. The first-order valence-corrected chi connectivity index (χ1v) is 10.2. The molecule has 164 valence electrons. The lowest BCUT2D eigenvalue weighted by Gasteiger charge is -2.42. The molecule has 2 N–H and O–H groups in total. The molecular formula is C21H29N3O6. The van der Waals surface area contributed by atoms with Gasteiger partial charge in [-0.25, -0.2) is 4.79 Å². The number of ether oxygens (including phenoxy) is 3. The van der Waals surface area contributed by atoms with Gasteiger partial charge in [0.15, 0.2) is 0 Å². The molecule has 1 aromatic carbocycles. The number of urea groups is 1. The second-order valence-corrected chi connectivity index (χ2v) is 7.54. The maximum atomic E-state index is 13.1. The predicted molar refractivity (Wildman–Crippen MR) is 110 cm³/mol. The lowest BCUT2D eigenvalue weighted by Crippen LogP contribution is -2.53. The smallest absolute Gasteiger partial charge is 0.319 e. The molecule has 30 heavy (non-hydrogen) atoms. The number of esters is 1. The Labute approximate surface area is 176 Å². The van der Waals surface area contributed by atoms with Crippen LogP contribution in [0.5, 0.6) is 5.75 Å². The third-order valence-electron chi connectivity index (χ3n) is 5.43. The second-order valence-electron chi connectivity index (χ2n) is 7.54. The highest BCUT2D eigenvalue weighted by atomic mass is 16.5. The molecule has 0 aromatic heterocycles. The van der Waals surface area contributed by atoms with Gasteiger partial charge in [-0.3, -0.25) is 9.59 Å². The molecule has 3 atom stereocenters. The molecule has 0 aliphatic carbocycles. The van der Waals surface area contributed by atoms with E-state index in [-0.39, 0.29) is 49.2 Å². The van der Waals surface area contributed by atoms with Gasteiger partial charge in [0.05, 0.1) is 31.2 Å². The first-order valence-electron chi connectivity index (χ1n) is 10.2. The highest BCUT2D eigenvalue weighted by Crippen LogP contribution is 2.32. The van der Waals surface area contributed by atoms with E-state index in [1.807, 2.05) is 6.92 Å². The molecule has 1 fully saturated rings. The van der Waals surface area contributed by atoms with Crippen LogP contribution < -0.4 is 15.4 Å². The summed E-state index contributed by atoms with van der Waals surface area (Å²) >= 11 is 0. The van der Waals surface area contributed by atoms with E-state index in [1.165, 1.54) is 7.11 Å². The monoisotopic (exact) mass is 419 g/mol. The summed E-state index contributed by atoms with van der Waals surface area (Å²) in [6, 6.07) is 4.51. The van der Waals surface area contributed by atoms with Crippen molar-refractivity contribution in [2.24, 2.45) is 0 Å². The van der Waals surface area contributed by atoms with Crippen molar-refractivity contribution in [2.75, 3.05) is 32.6 Å². The molecule has 0 saturated carbocycles. The molecule has 0 bridgehead atoms. The number of hydrogen-bond acceptors (Lipinski definition) is 6. The predicted octanol–water partition coefficient (Wildman–Crippen LogP) is 2.16. The highest BCUT2D eigenvalue weighted by molar-refractivity contribution is 5.99. The van der Waals surface area contributed by atoms with E-state index >= 15 is 0 Å². The van der Waals surface area contributed by atoms with Gasteiger partial charge < -0.3 is 29.7 Å². The number of nitrogens with one attached hydrogen (secondary N) is 2. The first kappa shape index (κ1) is 21.9. The average Bonchev–Trinajstić information content (AvgIpc) is 2.75. The van der Waals surface area contributed by atoms with E-state index in [2.05, 4.69) is 10.6 Å². The van der Waals surface area contributed by atoms with Crippen LogP contribution in [-0.4, -0.2) is 68.4 Å². The number of rotatable bonds is 5. The van der Waals surface area contributed by atoms with E-state index in [4.69, 9.17) is 14.2 Å². The molecule has 3 amide bonds. The first-order chi connectivity index (χ1) is 14.4. The molecule has 2 aliphatic rings. The standard InChI is InChI=1S/C21H29N3O6/c1-4-9-22-21(27)23-13-5-8-17-15(10-13)20(26)24(2)16-7-6-14(11-19(25)28-3)30-18(16)12-29-17/h5,8,10,14,16,18H,4,6-7,9,11-12H2,1-3H3,(H2,22,23,27)/t14-,16+,18+/m1/s1. The van der Waals surface area contributed by atoms with Gasteiger partial charge in [0.25, 0.3) is 5.91 Å². The zero-order valence-corrected chi connectivity index (χ0v) is 17.6. The second kappa shape index (κ2) is 9.80. The minimum absolute atomic E-state index is 0.163. The number of nitrogens with zero attached hydrogens (tertiary/aromatic N) is 1. The topological polar surface area (TPSA) is 106 Å². The van der Waals surface area contributed by atoms with Crippen LogP contribution >= 0.6 is 0 Å². The van der Waals surface area contributed by atoms with Crippen LogP contribution in [0.3, 0.4) is 0 Å². The summed E-state index contributed by atoms with van der Waals surface area (Å²) in [4.78, 5) is 38.3. The van der Waals surface area contributed by atoms with Crippen molar-refractivity contribution < 1.29 is 28.6 Å². The zero-order valence-electron chi connectivity index (χ0n) is 17.6. The molecule has 1 aromatic rings. The van der Waals surface area contributed by atoms with Gasteiger partial charge in [0, 0.05) is 19.3 Å². The van der Waals surface area contributed by atoms with Crippen molar-refractivity contribution >= 4 is 23.6 Å². The summed E-state index contributed by atoms with van der Waals surface area (Å²) in [7, 11) is 3.10. The zero-order chi connectivity index (χ0) is 21.7. The van der Waals surface area contributed by atoms with Gasteiger partial charge in [0.2, 0.25) is 0 Å². The van der Waals surface area contributed by atoms with Gasteiger partial charge in [-0.1, -0.05) is 6.92 Å². The van der Waals surface area contributed by atoms with Gasteiger partial charge in [-0.05, 0) is 37.5 Å². The van der Waals surface area contributed by atoms with E-state index in [0.717, 1.165) is 6.42 Å². The van der Waals surface area contributed by atoms with E-state index in [9.17, 15) is 14.4 Å². The Kier molecular flexibility index (Phi) is 7.15. The SMILES string of the molecule is CCCNC(=O)Nc1ccc2c(c1)C(=O)N(C)[C@H]1CC[C@H](CC(=O)OC)O[C@H]1CO2. The molecule has 0 radical (unpaired) electrons. The van der Waals surface area contributed by atoms with E-state index in [1.54, 1.807) is 30.1 Å². The van der Waals surface area contributed by atoms with Crippen LogP contribution in [0.2, 0.25) is 0 Å². The number of benzene rings is 1. The van der Waals surface area contributed by atoms with Gasteiger partial charge in [-0.2, -0.15) is 0 Å². The molecule has 2 aliphatic heterocycles.